The number of amides is 2. The smallest absolute Gasteiger partial charge is 0.236 e. The summed E-state index contributed by atoms with van der Waals surface area (Å²) in [5.41, 5.74) is 10.8. The van der Waals surface area contributed by atoms with Crippen LogP contribution in [0.25, 0.3) is 0 Å². The fourth-order valence-electron chi connectivity index (χ4n) is 1.27. The highest BCUT2D eigenvalue weighted by Gasteiger charge is 2.11. The fourth-order valence-corrected chi connectivity index (χ4v) is 1.39. The Bertz CT molecular complexity index is 376. The highest BCUT2D eigenvalue weighted by molar-refractivity contribution is 6.30. The third-order valence-electron chi connectivity index (χ3n) is 1.89. The zero-order valence-electron chi connectivity index (χ0n) is 8.52. The molecule has 0 radical (unpaired) electrons. The van der Waals surface area contributed by atoms with Crippen molar-refractivity contribution in [2.24, 2.45) is 11.5 Å². The van der Waals surface area contributed by atoms with Gasteiger partial charge in [0.15, 0.2) is 0 Å². The number of nitrogens with two attached hydrogens (primary N) is 2. The molecule has 86 valence electrons. The van der Waals surface area contributed by atoms with Crippen LogP contribution in [0.15, 0.2) is 24.3 Å². The van der Waals surface area contributed by atoms with Gasteiger partial charge in [0.05, 0.1) is 13.1 Å². The Morgan fingerprint density at radius 2 is 1.50 bits per heavy atom. The molecule has 0 fully saturated rings. The number of hydrogen-bond acceptors (Lipinski definition) is 3. The molecule has 0 aliphatic carbocycles. The fraction of sp³-hybridized carbons (Fsp3) is 0.200. The van der Waals surface area contributed by atoms with Crippen LogP contribution >= 0.6 is 11.6 Å². The highest BCUT2D eigenvalue weighted by Crippen LogP contribution is 2.17. The summed E-state index contributed by atoms with van der Waals surface area (Å²) >= 11 is 5.73. The minimum atomic E-state index is -0.531. The summed E-state index contributed by atoms with van der Waals surface area (Å²) in [7, 11) is 0. The van der Waals surface area contributed by atoms with Crippen LogP contribution in [-0.4, -0.2) is 24.9 Å². The molecular weight excluding hydrogens is 230 g/mol. The van der Waals surface area contributed by atoms with Gasteiger partial charge < -0.3 is 16.4 Å². The maximum absolute atomic E-state index is 10.8. The average Bonchev–Trinajstić information content (AvgIpc) is 2.16. The Balaban J connectivity index is 2.86. The second-order valence-corrected chi connectivity index (χ2v) is 3.70. The zero-order chi connectivity index (χ0) is 12.1. The van der Waals surface area contributed by atoms with E-state index in [1.54, 1.807) is 24.3 Å². The predicted molar refractivity (Wildman–Crippen MR) is 62.1 cm³/mol. The number of rotatable bonds is 5. The van der Waals surface area contributed by atoms with E-state index in [1.165, 1.54) is 4.90 Å². The molecule has 0 unspecified atom stereocenters. The van der Waals surface area contributed by atoms with Crippen molar-refractivity contribution >= 4 is 29.1 Å². The van der Waals surface area contributed by atoms with Gasteiger partial charge in [-0.05, 0) is 24.3 Å². The van der Waals surface area contributed by atoms with E-state index in [0.717, 1.165) is 0 Å². The topological polar surface area (TPSA) is 89.4 Å². The summed E-state index contributed by atoms with van der Waals surface area (Å²) in [4.78, 5) is 23.2. The molecule has 5 nitrogen and oxygen atoms in total. The Kier molecular flexibility index (Phi) is 4.13. The van der Waals surface area contributed by atoms with Gasteiger partial charge in [-0.3, -0.25) is 9.59 Å². The van der Waals surface area contributed by atoms with Crippen molar-refractivity contribution in [2.45, 2.75) is 0 Å². The van der Waals surface area contributed by atoms with Gasteiger partial charge in [-0.2, -0.15) is 0 Å². The van der Waals surface area contributed by atoms with Gasteiger partial charge in [-0.1, -0.05) is 11.6 Å². The van der Waals surface area contributed by atoms with Gasteiger partial charge in [0.2, 0.25) is 11.8 Å². The van der Waals surface area contributed by atoms with Crippen molar-refractivity contribution in [3.63, 3.8) is 0 Å². The van der Waals surface area contributed by atoms with Gasteiger partial charge in [-0.15, -0.1) is 0 Å². The number of nitrogens with zero attached hydrogens (tertiary/aromatic N) is 1. The first-order valence-corrected chi connectivity index (χ1v) is 4.94. The first-order valence-electron chi connectivity index (χ1n) is 4.56. The lowest BCUT2D eigenvalue weighted by Crippen LogP contribution is -2.39. The van der Waals surface area contributed by atoms with Gasteiger partial charge in [0.1, 0.15) is 0 Å². The molecule has 0 spiro atoms. The number of hydrogen-bond donors (Lipinski definition) is 2. The molecule has 0 aliphatic heterocycles. The molecule has 0 atom stereocenters. The second kappa shape index (κ2) is 5.37. The molecule has 1 rings (SSSR count). The largest absolute Gasteiger partial charge is 0.368 e. The molecule has 2 amide bonds. The standard InChI is InChI=1S/C10H12ClN3O2/c11-7-1-3-8(4-2-7)14(5-9(12)15)6-10(13)16/h1-4H,5-6H2,(H2,12,15)(H2,13,16). The molecule has 0 aliphatic rings. The molecule has 0 bridgehead atoms. The third kappa shape index (κ3) is 3.78. The van der Waals surface area contributed by atoms with Crippen LogP contribution in [0.3, 0.4) is 0 Å². The van der Waals surface area contributed by atoms with E-state index < -0.39 is 11.8 Å². The minimum Gasteiger partial charge on any atom is -0.368 e. The van der Waals surface area contributed by atoms with Gasteiger partial charge in [-0.25, -0.2) is 0 Å². The number of halogens is 1. The Hall–Kier alpha value is -1.75. The summed E-state index contributed by atoms with van der Waals surface area (Å²) in [5.74, 6) is -1.06. The van der Waals surface area contributed by atoms with Gasteiger partial charge in [0.25, 0.3) is 0 Å². The third-order valence-corrected chi connectivity index (χ3v) is 2.14. The summed E-state index contributed by atoms with van der Waals surface area (Å²) in [5, 5.41) is 0.571. The molecule has 1 aromatic rings. The van der Waals surface area contributed by atoms with Crippen molar-refractivity contribution in [1.29, 1.82) is 0 Å². The number of anilines is 1. The normalized spacial score (nSPS) is 9.81. The Labute approximate surface area is 98.0 Å². The first kappa shape index (κ1) is 12.3. The Morgan fingerprint density at radius 1 is 1.06 bits per heavy atom. The highest BCUT2D eigenvalue weighted by atomic mass is 35.5. The second-order valence-electron chi connectivity index (χ2n) is 3.27. The molecule has 0 aromatic heterocycles. The van der Waals surface area contributed by atoms with E-state index in [0.29, 0.717) is 10.7 Å². The molecule has 0 saturated carbocycles. The van der Waals surface area contributed by atoms with Crippen molar-refractivity contribution in [3.05, 3.63) is 29.3 Å². The van der Waals surface area contributed by atoms with Crippen LogP contribution in [0.4, 0.5) is 5.69 Å². The zero-order valence-corrected chi connectivity index (χ0v) is 9.28. The number of carbonyl (C=O) groups excluding carboxylic acids is 2. The van der Waals surface area contributed by atoms with Crippen molar-refractivity contribution in [1.82, 2.24) is 0 Å². The molecule has 0 saturated heterocycles. The average molecular weight is 242 g/mol. The summed E-state index contributed by atoms with van der Waals surface area (Å²) < 4.78 is 0. The summed E-state index contributed by atoms with van der Waals surface area (Å²) in [6.07, 6.45) is 0. The van der Waals surface area contributed by atoms with Crippen LogP contribution in [0, 0.1) is 0 Å². The molecule has 16 heavy (non-hydrogen) atoms. The lowest BCUT2D eigenvalue weighted by atomic mass is 10.2. The summed E-state index contributed by atoms with van der Waals surface area (Å²) in [6, 6.07) is 6.69. The molecule has 4 N–H and O–H groups in total. The Morgan fingerprint density at radius 3 is 1.88 bits per heavy atom. The van der Waals surface area contributed by atoms with Crippen LogP contribution in [0.1, 0.15) is 0 Å². The minimum absolute atomic E-state index is 0.0649. The molecular formula is C10H12ClN3O2. The van der Waals surface area contributed by atoms with E-state index in [2.05, 4.69) is 0 Å². The number of primary amides is 2. The van der Waals surface area contributed by atoms with Crippen LogP contribution in [0.2, 0.25) is 5.02 Å². The monoisotopic (exact) mass is 241 g/mol. The maximum atomic E-state index is 10.8. The van der Waals surface area contributed by atoms with E-state index in [-0.39, 0.29) is 13.1 Å². The van der Waals surface area contributed by atoms with Gasteiger partial charge in [0, 0.05) is 10.7 Å². The van der Waals surface area contributed by atoms with Crippen LogP contribution in [-0.2, 0) is 9.59 Å². The van der Waals surface area contributed by atoms with Crippen LogP contribution in [0.5, 0.6) is 0 Å². The van der Waals surface area contributed by atoms with Crippen molar-refractivity contribution in [3.8, 4) is 0 Å². The summed E-state index contributed by atoms with van der Waals surface area (Å²) in [6.45, 7) is -0.130. The molecule has 1 aromatic carbocycles. The lowest BCUT2D eigenvalue weighted by molar-refractivity contribution is -0.117. The maximum Gasteiger partial charge on any atom is 0.236 e. The lowest BCUT2D eigenvalue weighted by Gasteiger charge is -2.21. The molecule has 0 heterocycles. The number of carbonyl (C=O) groups is 2. The van der Waals surface area contributed by atoms with Gasteiger partial charge >= 0.3 is 0 Å². The van der Waals surface area contributed by atoms with E-state index in [1.807, 2.05) is 0 Å². The quantitative estimate of drug-likeness (QED) is 0.767. The first-order chi connectivity index (χ1) is 7.49. The predicted octanol–water partition coefficient (Wildman–Crippen LogP) is 0.117. The van der Waals surface area contributed by atoms with E-state index >= 15 is 0 Å². The molecule has 6 heteroatoms. The number of benzene rings is 1. The van der Waals surface area contributed by atoms with E-state index in [4.69, 9.17) is 23.1 Å². The van der Waals surface area contributed by atoms with E-state index in [9.17, 15) is 9.59 Å². The van der Waals surface area contributed by atoms with Crippen LogP contribution < -0.4 is 16.4 Å². The van der Waals surface area contributed by atoms with Crippen molar-refractivity contribution in [2.75, 3.05) is 18.0 Å². The van der Waals surface area contributed by atoms with Crippen molar-refractivity contribution < 1.29 is 9.59 Å². The SMILES string of the molecule is NC(=O)CN(CC(N)=O)c1ccc(Cl)cc1.